The van der Waals surface area contributed by atoms with Crippen LogP contribution in [0.5, 0.6) is 0 Å². The lowest BCUT2D eigenvalue weighted by Gasteiger charge is -1.99. The summed E-state index contributed by atoms with van der Waals surface area (Å²) in [6.07, 6.45) is 0.905. The smallest absolute Gasteiger partial charge is 0.150 e. The molecule has 0 aliphatic rings. The number of thiophene rings is 1. The van der Waals surface area contributed by atoms with Crippen LogP contribution in [0, 0.1) is 6.92 Å². The molecule has 0 fully saturated rings. The fourth-order valence-corrected chi connectivity index (χ4v) is 3.04. The second kappa shape index (κ2) is 3.24. The molecule has 0 bridgehead atoms. The molecule has 0 atom stereocenters. The van der Waals surface area contributed by atoms with Crippen LogP contribution in [0.3, 0.4) is 0 Å². The van der Waals surface area contributed by atoms with Gasteiger partial charge < -0.3 is 0 Å². The topological polar surface area (TPSA) is 17.1 Å². The van der Waals surface area contributed by atoms with Gasteiger partial charge in [-0.2, -0.15) is 0 Å². The van der Waals surface area contributed by atoms with Gasteiger partial charge in [-0.05, 0) is 28.4 Å². The zero-order chi connectivity index (χ0) is 9.42. The van der Waals surface area contributed by atoms with Crippen molar-refractivity contribution in [2.45, 2.75) is 6.92 Å². The molecule has 1 aromatic carbocycles. The van der Waals surface area contributed by atoms with E-state index >= 15 is 0 Å². The highest BCUT2D eigenvalue weighted by molar-refractivity contribution is 9.10. The van der Waals surface area contributed by atoms with Gasteiger partial charge in [0.05, 0.1) is 0 Å². The quantitative estimate of drug-likeness (QED) is 0.708. The van der Waals surface area contributed by atoms with Crippen molar-refractivity contribution in [1.82, 2.24) is 0 Å². The predicted octanol–water partition coefficient (Wildman–Crippen LogP) is 3.78. The van der Waals surface area contributed by atoms with Crippen LogP contribution in [0.15, 0.2) is 22.0 Å². The number of rotatable bonds is 1. The minimum Gasteiger partial charge on any atom is -0.298 e. The molecule has 0 aliphatic carbocycles. The van der Waals surface area contributed by atoms with E-state index in [4.69, 9.17) is 0 Å². The Balaban J connectivity index is 2.87. The van der Waals surface area contributed by atoms with Gasteiger partial charge in [-0.3, -0.25) is 4.79 Å². The van der Waals surface area contributed by atoms with Crippen LogP contribution in [-0.2, 0) is 0 Å². The van der Waals surface area contributed by atoms with Gasteiger partial charge in [0.15, 0.2) is 0 Å². The van der Waals surface area contributed by atoms with E-state index < -0.39 is 0 Å². The predicted molar refractivity (Wildman–Crippen MR) is 59.6 cm³/mol. The zero-order valence-corrected chi connectivity index (χ0v) is 9.41. The van der Waals surface area contributed by atoms with Crippen LogP contribution >= 0.6 is 27.3 Å². The Morgan fingerprint density at radius 1 is 1.46 bits per heavy atom. The highest BCUT2D eigenvalue weighted by Crippen LogP contribution is 2.33. The zero-order valence-electron chi connectivity index (χ0n) is 7.00. The Morgan fingerprint density at radius 2 is 2.23 bits per heavy atom. The molecule has 1 aromatic heterocycles. The summed E-state index contributed by atoms with van der Waals surface area (Å²) in [5.74, 6) is 0. The fourth-order valence-electron chi connectivity index (χ4n) is 1.35. The molecule has 0 unspecified atom stereocenters. The number of fused-ring (bicyclic) bond motifs is 1. The first-order valence-electron chi connectivity index (χ1n) is 3.85. The number of hydrogen-bond donors (Lipinski definition) is 0. The molecule has 66 valence electrons. The van der Waals surface area contributed by atoms with Crippen LogP contribution < -0.4 is 0 Å². The van der Waals surface area contributed by atoms with Gasteiger partial charge in [-0.15, -0.1) is 11.3 Å². The summed E-state index contributed by atoms with van der Waals surface area (Å²) in [5, 5.41) is 3.24. The minimum absolute atomic E-state index is 0.779. The van der Waals surface area contributed by atoms with E-state index in [2.05, 4.69) is 15.9 Å². The van der Waals surface area contributed by atoms with Gasteiger partial charge in [-0.1, -0.05) is 12.1 Å². The number of hydrogen-bond acceptors (Lipinski definition) is 2. The molecule has 0 N–H and O–H groups in total. The van der Waals surface area contributed by atoms with Crippen LogP contribution in [0.25, 0.3) is 10.1 Å². The molecule has 0 spiro atoms. The molecule has 0 saturated carbocycles. The number of carbonyl (C=O) groups excluding carboxylic acids is 1. The van der Waals surface area contributed by atoms with Gasteiger partial charge in [0, 0.05) is 25.5 Å². The maximum Gasteiger partial charge on any atom is 0.150 e. The summed E-state index contributed by atoms with van der Waals surface area (Å²) >= 11 is 5.13. The highest BCUT2D eigenvalue weighted by Gasteiger charge is 2.06. The van der Waals surface area contributed by atoms with Gasteiger partial charge in [0.2, 0.25) is 0 Å². The highest BCUT2D eigenvalue weighted by atomic mass is 79.9. The molecular formula is C10H7BrOS. The van der Waals surface area contributed by atoms with Crippen molar-refractivity contribution in [3.8, 4) is 0 Å². The number of benzene rings is 1. The van der Waals surface area contributed by atoms with Crippen molar-refractivity contribution in [3.05, 3.63) is 33.1 Å². The lowest BCUT2D eigenvalue weighted by molar-refractivity contribution is 0.112. The molecule has 3 heteroatoms. The lowest BCUT2D eigenvalue weighted by Crippen LogP contribution is -1.84. The number of halogens is 1. The van der Waals surface area contributed by atoms with Crippen molar-refractivity contribution in [2.75, 3.05) is 0 Å². The molecule has 0 saturated heterocycles. The third kappa shape index (κ3) is 1.32. The van der Waals surface area contributed by atoms with Gasteiger partial charge >= 0.3 is 0 Å². The summed E-state index contributed by atoms with van der Waals surface area (Å²) in [4.78, 5) is 10.7. The lowest BCUT2D eigenvalue weighted by atomic mass is 10.1. The summed E-state index contributed by atoms with van der Waals surface area (Å²) in [7, 11) is 0. The van der Waals surface area contributed by atoms with Crippen LogP contribution in [-0.4, -0.2) is 6.29 Å². The Morgan fingerprint density at radius 3 is 2.92 bits per heavy atom. The van der Waals surface area contributed by atoms with Gasteiger partial charge in [0.1, 0.15) is 6.29 Å². The van der Waals surface area contributed by atoms with Crippen molar-refractivity contribution in [3.63, 3.8) is 0 Å². The molecule has 0 aliphatic heterocycles. The van der Waals surface area contributed by atoms with Gasteiger partial charge in [0.25, 0.3) is 0 Å². The van der Waals surface area contributed by atoms with Crippen LogP contribution in [0.2, 0.25) is 0 Å². The van der Waals surface area contributed by atoms with E-state index in [1.807, 2.05) is 24.4 Å². The molecule has 2 rings (SSSR count). The van der Waals surface area contributed by atoms with Gasteiger partial charge in [-0.25, -0.2) is 0 Å². The van der Waals surface area contributed by atoms with Crippen LogP contribution in [0.1, 0.15) is 15.9 Å². The second-order valence-electron chi connectivity index (χ2n) is 2.86. The molecule has 1 nitrogen and oxygen atoms in total. The van der Waals surface area contributed by atoms with E-state index in [-0.39, 0.29) is 0 Å². The number of aldehydes is 1. The first-order valence-corrected chi connectivity index (χ1v) is 5.53. The monoisotopic (exact) mass is 254 g/mol. The molecule has 2 aromatic rings. The largest absolute Gasteiger partial charge is 0.298 e. The van der Waals surface area contributed by atoms with Crippen molar-refractivity contribution < 1.29 is 4.79 Å². The maximum absolute atomic E-state index is 10.7. The summed E-state index contributed by atoms with van der Waals surface area (Å²) < 4.78 is 2.30. The first kappa shape index (κ1) is 8.91. The summed E-state index contributed by atoms with van der Waals surface area (Å²) in [5.41, 5.74) is 1.85. The average Bonchev–Trinajstić information content (AvgIpc) is 2.50. The Kier molecular flexibility index (Phi) is 2.22. The summed E-state index contributed by atoms with van der Waals surface area (Å²) in [6, 6.07) is 3.84. The van der Waals surface area contributed by atoms with E-state index in [0.717, 1.165) is 21.9 Å². The Labute approximate surface area is 88.5 Å². The fraction of sp³-hybridized carbons (Fsp3) is 0.100. The number of carbonyl (C=O) groups is 1. The molecule has 0 radical (unpaired) electrons. The molecular weight excluding hydrogens is 248 g/mol. The molecule has 0 amide bonds. The Bertz CT molecular complexity index is 473. The summed E-state index contributed by atoms with van der Waals surface area (Å²) in [6.45, 7) is 1.98. The van der Waals surface area contributed by atoms with E-state index in [1.165, 1.54) is 10.1 Å². The SMILES string of the molecule is Cc1c(C=O)ccc2c(Br)csc12. The van der Waals surface area contributed by atoms with E-state index in [0.29, 0.717) is 0 Å². The standard InChI is InChI=1S/C10H7BrOS/c1-6-7(4-12)2-3-8-9(11)5-13-10(6)8/h2-5H,1H3. The normalized spacial score (nSPS) is 10.6. The molecule has 1 heterocycles. The van der Waals surface area contributed by atoms with Crippen LogP contribution in [0.4, 0.5) is 0 Å². The van der Waals surface area contributed by atoms with Crippen molar-refractivity contribution in [2.24, 2.45) is 0 Å². The third-order valence-corrected chi connectivity index (χ3v) is 4.19. The minimum atomic E-state index is 0.779. The average molecular weight is 255 g/mol. The second-order valence-corrected chi connectivity index (χ2v) is 4.59. The molecule has 13 heavy (non-hydrogen) atoms. The Hall–Kier alpha value is -0.670. The first-order chi connectivity index (χ1) is 6.24. The number of aryl methyl sites for hydroxylation is 1. The van der Waals surface area contributed by atoms with E-state index in [9.17, 15) is 4.79 Å². The van der Waals surface area contributed by atoms with Crippen molar-refractivity contribution in [1.29, 1.82) is 0 Å². The third-order valence-electron chi connectivity index (χ3n) is 2.11. The van der Waals surface area contributed by atoms with E-state index in [1.54, 1.807) is 11.3 Å². The van der Waals surface area contributed by atoms with Crippen molar-refractivity contribution >= 4 is 43.6 Å². The maximum atomic E-state index is 10.7.